The van der Waals surface area contributed by atoms with Gasteiger partial charge in [-0.3, -0.25) is 4.79 Å². The van der Waals surface area contributed by atoms with Crippen LogP contribution in [0.3, 0.4) is 0 Å². The van der Waals surface area contributed by atoms with Gasteiger partial charge in [0.05, 0.1) is 12.5 Å². The summed E-state index contributed by atoms with van der Waals surface area (Å²) in [5, 5.41) is 0. The molecule has 2 atom stereocenters. The van der Waals surface area contributed by atoms with Crippen molar-refractivity contribution in [2.24, 2.45) is 17.3 Å². The molecule has 0 amide bonds. The number of fused-ring (bicyclic) bond motifs is 1. The van der Waals surface area contributed by atoms with E-state index in [-0.39, 0.29) is 24.1 Å². The molecule has 0 radical (unpaired) electrons. The van der Waals surface area contributed by atoms with E-state index >= 15 is 0 Å². The Kier molecular flexibility index (Phi) is 4.09. The van der Waals surface area contributed by atoms with Crippen LogP contribution < -0.4 is 9.47 Å². The normalized spacial score (nSPS) is 23.3. The van der Waals surface area contributed by atoms with Gasteiger partial charge in [0.15, 0.2) is 11.5 Å². The number of esters is 1. The first-order valence-electron chi connectivity index (χ1n) is 8.10. The van der Waals surface area contributed by atoms with E-state index in [1.807, 2.05) is 18.2 Å². The molecule has 1 saturated carbocycles. The molecular weight excluding hydrogens is 292 g/mol. The molecule has 4 heteroatoms. The standard InChI is InChI=1S/C19H24O4/c1-12(2)9-14-17(19(14,3)4)18(20)21-8-7-13-5-6-15-16(10-13)23-11-22-15/h5-6,9-10,14,17H,7-8,11H2,1-4H3/t14-,17-/m1/s1. The van der Waals surface area contributed by atoms with Crippen LogP contribution in [-0.2, 0) is 16.0 Å². The molecular formula is C19H24O4. The van der Waals surface area contributed by atoms with Crippen molar-refractivity contribution in [3.8, 4) is 11.5 Å². The average Bonchev–Trinajstić information content (AvgIpc) is 2.85. The summed E-state index contributed by atoms with van der Waals surface area (Å²) in [5.41, 5.74) is 2.34. The first-order chi connectivity index (χ1) is 10.9. The Labute approximate surface area is 137 Å². The van der Waals surface area contributed by atoms with Gasteiger partial charge in [-0.25, -0.2) is 0 Å². The van der Waals surface area contributed by atoms with Crippen molar-refractivity contribution < 1.29 is 19.0 Å². The molecule has 4 nitrogen and oxygen atoms in total. The van der Waals surface area contributed by atoms with Gasteiger partial charge in [0.2, 0.25) is 6.79 Å². The number of benzene rings is 1. The first kappa shape index (κ1) is 15.9. The molecule has 0 aromatic heterocycles. The Balaban J connectivity index is 1.51. The highest BCUT2D eigenvalue weighted by atomic mass is 16.7. The average molecular weight is 316 g/mol. The minimum Gasteiger partial charge on any atom is -0.465 e. The summed E-state index contributed by atoms with van der Waals surface area (Å²) in [7, 11) is 0. The first-order valence-corrected chi connectivity index (χ1v) is 8.10. The lowest BCUT2D eigenvalue weighted by Crippen LogP contribution is -2.12. The van der Waals surface area contributed by atoms with Crippen LogP contribution in [0.15, 0.2) is 29.8 Å². The summed E-state index contributed by atoms with van der Waals surface area (Å²) in [6.45, 7) is 9.05. The fraction of sp³-hybridized carbons (Fsp3) is 0.526. The highest BCUT2D eigenvalue weighted by Crippen LogP contribution is 2.59. The van der Waals surface area contributed by atoms with Crippen LogP contribution >= 0.6 is 0 Å². The Hall–Kier alpha value is -1.97. The SMILES string of the molecule is CC(C)=C[C@@H]1[C@H](C(=O)OCCc2ccc3c(c2)OCO3)C1(C)C. The molecule has 0 saturated heterocycles. The predicted octanol–water partition coefficient (Wildman–Crippen LogP) is 3.74. The van der Waals surface area contributed by atoms with Crippen molar-refractivity contribution in [2.75, 3.05) is 13.4 Å². The van der Waals surface area contributed by atoms with Gasteiger partial charge in [-0.15, -0.1) is 0 Å². The second-order valence-electron chi connectivity index (χ2n) is 7.17. The van der Waals surface area contributed by atoms with Crippen molar-refractivity contribution >= 4 is 5.97 Å². The van der Waals surface area contributed by atoms with Gasteiger partial charge in [0.1, 0.15) is 0 Å². The third-order valence-electron chi connectivity index (χ3n) is 4.75. The molecule has 1 aromatic rings. The number of carbonyl (C=O) groups excluding carboxylic acids is 1. The van der Waals surface area contributed by atoms with Crippen molar-refractivity contribution in [2.45, 2.75) is 34.1 Å². The monoisotopic (exact) mass is 316 g/mol. The third-order valence-corrected chi connectivity index (χ3v) is 4.75. The van der Waals surface area contributed by atoms with Gasteiger partial charge < -0.3 is 14.2 Å². The summed E-state index contributed by atoms with van der Waals surface area (Å²) in [6.07, 6.45) is 2.87. The van der Waals surface area contributed by atoms with Crippen LogP contribution in [0.4, 0.5) is 0 Å². The summed E-state index contributed by atoms with van der Waals surface area (Å²) >= 11 is 0. The molecule has 1 heterocycles. The maximum atomic E-state index is 12.3. The summed E-state index contributed by atoms with van der Waals surface area (Å²) in [4.78, 5) is 12.3. The highest BCUT2D eigenvalue weighted by molar-refractivity contribution is 5.78. The lowest BCUT2D eigenvalue weighted by molar-refractivity contribution is -0.146. The van der Waals surface area contributed by atoms with Crippen LogP contribution in [0.5, 0.6) is 11.5 Å². The smallest absolute Gasteiger partial charge is 0.310 e. The Morgan fingerprint density at radius 3 is 2.78 bits per heavy atom. The zero-order valence-corrected chi connectivity index (χ0v) is 14.2. The number of ether oxygens (including phenoxy) is 3. The minimum atomic E-state index is -0.0850. The number of hydrogen-bond acceptors (Lipinski definition) is 4. The van der Waals surface area contributed by atoms with Crippen molar-refractivity contribution in [1.29, 1.82) is 0 Å². The van der Waals surface area contributed by atoms with Gasteiger partial charge in [0.25, 0.3) is 0 Å². The lowest BCUT2D eigenvalue weighted by Gasteiger charge is -2.06. The van der Waals surface area contributed by atoms with E-state index < -0.39 is 0 Å². The molecule has 23 heavy (non-hydrogen) atoms. The summed E-state index contributed by atoms with van der Waals surface area (Å²) in [6, 6.07) is 5.83. The predicted molar refractivity (Wildman–Crippen MR) is 87.4 cm³/mol. The molecule has 1 aliphatic heterocycles. The number of carbonyl (C=O) groups is 1. The molecule has 1 fully saturated rings. The van der Waals surface area contributed by atoms with Crippen LogP contribution in [0.25, 0.3) is 0 Å². The van der Waals surface area contributed by atoms with Gasteiger partial charge in [-0.1, -0.05) is 31.6 Å². The van der Waals surface area contributed by atoms with Crippen molar-refractivity contribution in [1.82, 2.24) is 0 Å². The molecule has 1 aliphatic carbocycles. The zero-order chi connectivity index (χ0) is 16.6. The fourth-order valence-electron chi connectivity index (χ4n) is 3.25. The largest absolute Gasteiger partial charge is 0.465 e. The van der Waals surface area contributed by atoms with E-state index in [9.17, 15) is 4.79 Å². The molecule has 124 valence electrons. The fourth-order valence-corrected chi connectivity index (χ4v) is 3.25. The van der Waals surface area contributed by atoms with E-state index in [1.165, 1.54) is 5.57 Å². The second kappa shape index (κ2) is 5.91. The topological polar surface area (TPSA) is 44.8 Å². The lowest BCUT2D eigenvalue weighted by atomic mass is 10.1. The molecule has 1 aromatic carbocycles. The van der Waals surface area contributed by atoms with Gasteiger partial charge >= 0.3 is 5.97 Å². The molecule has 0 N–H and O–H groups in total. The third kappa shape index (κ3) is 3.21. The van der Waals surface area contributed by atoms with Gasteiger partial charge in [0, 0.05) is 6.42 Å². The Morgan fingerprint density at radius 2 is 2.04 bits per heavy atom. The van der Waals surface area contributed by atoms with E-state index in [0.29, 0.717) is 18.9 Å². The van der Waals surface area contributed by atoms with E-state index in [0.717, 1.165) is 17.1 Å². The van der Waals surface area contributed by atoms with Crippen LogP contribution in [0, 0.1) is 17.3 Å². The molecule has 0 spiro atoms. The van der Waals surface area contributed by atoms with Gasteiger partial charge in [-0.2, -0.15) is 0 Å². The van der Waals surface area contributed by atoms with Crippen molar-refractivity contribution in [3.05, 3.63) is 35.4 Å². The number of allylic oxidation sites excluding steroid dienone is 2. The van der Waals surface area contributed by atoms with E-state index in [4.69, 9.17) is 14.2 Å². The van der Waals surface area contributed by atoms with Crippen molar-refractivity contribution in [3.63, 3.8) is 0 Å². The van der Waals surface area contributed by atoms with Crippen LogP contribution in [-0.4, -0.2) is 19.4 Å². The Morgan fingerprint density at radius 1 is 1.30 bits per heavy atom. The number of rotatable bonds is 5. The Bertz CT molecular complexity index is 641. The molecule has 3 rings (SSSR count). The van der Waals surface area contributed by atoms with Gasteiger partial charge in [-0.05, 0) is 42.9 Å². The van der Waals surface area contributed by atoms with E-state index in [1.54, 1.807) is 0 Å². The maximum Gasteiger partial charge on any atom is 0.310 e. The zero-order valence-electron chi connectivity index (χ0n) is 14.2. The second-order valence-corrected chi connectivity index (χ2v) is 7.17. The maximum absolute atomic E-state index is 12.3. The van der Waals surface area contributed by atoms with Crippen LogP contribution in [0.2, 0.25) is 0 Å². The molecule has 0 unspecified atom stereocenters. The van der Waals surface area contributed by atoms with Crippen LogP contribution in [0.1, 0.15) is 33.3 Å². The minimum absolute atomic E-state index is 0.00705. The number of hydrogen-bond donors (Lipinski definition) is 0. The quantitative estimate of drug-likeness (QED) is 0.613. The summed E-state index contributed by atoms with van der Waals surface area (Å²) < 4.78 is 16.1. The summed E-state index contributed by atoms with van der Waals surface area (Å²) in [5.74, 6) is 1.73. The highest BCUT2D eigenvalue weighted by Gasteiger charge is 2.61. The molecule has 0 bridgehead atoms. The van der Waals surface area contributed by atoms with E-state index in [2.05, 4.69) is 33.8 Å². The molecule has 2 aliphatic rings.